The largest absolute Gasteiger partial charge is 0.349 e. The minimum absolute atomic E-state index is 0.0913. The molecule has 1 N–H and O–H groups in total. The Kier molecular flexibility index (Phi) is 7.92. The number of nitrogens with one attached hydrogen (secondary N) is 1. The highest BCUT2D eigenvalue weighted by molar-refractivity contribution is 9.10. The Morgan fingerprint density at radius 1 is 0.905 bits per heavy atom. The molecule has 0 aliphatic carbocycles. The van der Waals surface area contributed by atoms with Crippen molar-refractivity contribution in [2.45, 2.75) is 25.2 Å². The number of nitrogens with zero attached hydrogens (tertiary/aromatic N) is 2. The molecule has 2 heterocycles. The van der Waals surface area contributed by atoms with Gasteiger partial charge >= 0.3 is 0 Å². The molecule has 1 aliphatic rings. The van der Waals surface area contributed by atoms with Crippen LogP contribution in [0.5, 0.6) is 0 Å². The van der Waals surface area contributed by atoms with Crippen LogP contribution in [0.15, 0.2) is 102 Å². The fourth-order valence-electron chi connectivity index (χ4n) is 4.55. The normalized spacial score (nSPS) is 15.8. The van der Waals surface area contributed by atoms with E-state index in [0.717, 1.165) is 15.2 Å². The number of carbonyl (C=O) groups is 3. The van der Waals surface area contributed by atoms with Crippen LogP contribution in [0.4, 0.5) is 15.8 Å². The van der Waals surface area contributed by atoms with E-state index in [1.807, 2.05) is 30.3 Å². The highest BCUT2D eigenvalue weighted by atomic mass is 79.9. The molecule has 0 bridgehead atoms. The van der Waals surface area contributed by atoms with Crippen LogP contribution < -0.4 is 10.2 Å². The first-order valence-corrected chi connectivity index (χ1v) is 14.7. The number of thiazole rings is 1. The van der Waals surface area contributed by atoms with Gasteiger partial charge in [0, 0.05) is 15.7 Å². The van der Waals surface area contributed by atoms with Gasteiger partial charge in [0.25, 0.3) is 11.8 Å². The predicted octanol–water partition coefficient (Wildman–Crippen LogP) is 6.56. The molecule has 0 unspecified atom stereocenters. The number of epoxide rings is 1. The number of amides is 2. The molecule has 0 saturated carbocycles. The van der Waals surface area contributed by atoms with Crippen molar-refractivity contribution in [1.29, 1.82) is 0 Å². The third-order valence-electron chi connectivity index (χ3n) is 6.80. The molecule has 7 nitrogen and oxygen atoms in total. The van der Waals surface area contributed by atoms with Gasteiger partial charge in [0.05, 0.1) is 28.9 Å². The van der Waals surface area contributed by atoms with E-state index in [2.05, 4.69) is 26.2 Å². The lowest BCUT2D eigenvalue weighted by molar-refractivity contribution is -0.120. The van der Waals surface area contributed by atoms with E-state index in [9.17, 15) is 18.8 Å². The summed E-state index contributed by atoms with van der Waals surface area (Å²) in [5.74, 6) is -1.33. The molecule has 2 amide bonds. The van der Waals surface area contributed by atoms with Crippen molar-refractivity contribution in [3.8, 4) is 0 Å². The second kappa shape index (κ2) is 11.9. The van der Waals surface area contributed by atoms with Gasteiger partial charge in [0.1, 0.15) is 10.8 Å². The molecule has 10 heteroatoms. The number of halogens is 2. The number of hydrogen-bond donors (Lipinski definition) is 1. The van der Waals surface area contributed by atoms with Crippen LogP contribution in [0, 0.1) is 5.82 Å². The number of anilines is 2. The molecule has 1 aromatic heterocycles. The van der Waals surface area contributed by atoms with E-state index >= 15 is 0 Å². The summed E-state index contributed by atoms with van der Waals surface area (Å²) in [7, 11) is 0. The van der Waals surface area contributed by atoms with Crippen molar-refractivity contribution in [1.82, 2.24) is 4.98 Å². The summed E-state index contributed by atoms with van der Waals surface area (Å²) in [6.45, 7) is 0.122. The molecule has 6 rings (SSSR count). The third kappa shape index (κ3) is 6.15. The number of hydrogen-bond acceptors (Lipinski definition) is 6. The zero-order valence-electron chi connectivity index (χ0n) is 22.0. The number of ketones is 1. The molecule has 4 aromatic carbocycles. The lowest BCUT2D eigenvalue weighted by Gasteiger charge is -2.23. The Morgan fingerprint density at radius 2 is 1.62 bits per heavy atom. The number of Topliss-reactive ketones (excluding diaryl/α,β-unsaturated/α-hetero) is 1. The predicted molar refractivity (Wildman–Crippen MR) is 163 cm³/mol. The summed E-state index contributed by atoms with van der Waals surface area (Å²) in [5, 5.41) is 3.51. The second-order valence-corrected chi connectivity index (χ2v) is 11.7. The number of para-hydroxylation sites is 2. The fourth-order valence-corrected chi connectivity index (χ4v) is 5.90. The van der Waals surface area contributed by atoms with Gasteiger partial charge in [-0.1, -0.05) is 36.4 Å². The van der Waals surface area contributed by atoms with Gasteiger partial charge in [0.15, 0.2) is 18.0 Å². The first-order chi connectivity index (χ1) is 20.4. The monoisotopic (exact) mass is 643 g/mol. The first-order valence-electron chi connectivity index (χ1n) is 13.1. The number of aromatic nitrogens is 1. The standard InChI is InChI=1S/C32H23BrFN3O4S/c33-23-5-1-2-6-24(23)36-31(39)29-30(41-29)32(40)37(18-19-9-13-21(34)14-10-19)22-15-11-20(12-16-22)26(38)17-28-35-25-7-3-4-8-27(25)42-28/h1-16,29-30H,17-18H2,(H,36,39)/t29-,30-/m0/s1. The van der Waals surface area contributed by atoms with Crippen LogP contribution in [-0.4, -0.2) is 34.8 Å². The Morgan fingerprint density at radius 3 is 2.36 bits per heavy atom. The van der Waals surface area contributed by atoms with Gasteiger partial charge in [-0.25, -0.2) is 9.37 Å². The Bertz CT molecular complexity index is 1760. The lowest BCUT2D eigenvalue weighted by atomic mass is 10.1. The Balaban J connectivity index is 1.19. The molecule has 2 atom stereocenters. The van der Waals surface area contributed by atoms with Crippen molar-refractivity contribution in [2.75, 3.05) is 10.2 Å². The molecule has 42 heavy (non-hydrogen) atoms. The summed E-state index contributed by atoms with van der Waals surface area (Å²) in [5.41, 5.74) is 3.12. The molecule has 210 valence electrons. The van der Waals surface area contributed by atoms with Crippen LogP contribution in [0.3, 0.4) is 0 Å². The van der Waals surface area contributed by atoms with Crippen molar-refractivity contribution >= 4 is 66.5 Å². The number of benzene rings is 4. The van der Waals surface area contributed by atoms with Gasteiger partial charge in [-0.2, -0.15) is 0 Å². The summed E-state index contributed by atoms with van der Waals surface area (Å²) in [6, 6.07) is 27.4. The molecule has 1 aliphatic heterocycles. The van der Waals surface area contributed by atoms with Gasteiger partial charge in [0.2, 0.25) is 0 Å². The number of rotatable bonds is 9. The maximum Gasteiger partial charge on any atom is 0.259 e. The quantitative estimate of drug-likeness (QED) is 0.145. The zero-order chi connectivity index (χ0) is 29.2. The summed E-state index contributed by atoms with van der Waals surface area (Å²) >= 11 is 4.88. The van der Waals surface area contributed by atoms with Crippen LogP contribution in [0.2, 0.25) is 0 Å². The van der Waals surface area contributed by atoms with Gasteiger partial charge < -0.3 is 15.0 Å². The number of carbonyl (C=O) groups excluding carboxylic acids is 3. The lowest BCUT2D eigenvalue weighted by Crippen LogP contribution is -2.36. The number of ether oxygens (including phenoxy) is 1. The molecule has 1 fully saturated rings. The van der Waals surface area contributed by atoms with Gasteiger partial charge in [-0.15, -0.1) is 11.3 Å². The topological polar surface area (TPSA) is 91.9 Å². The molecule has 0 radical (unpaired) electrons. The molecular formula is C32H23BrFN3O4S. The smallest absolute Gasteiger partial charge is 0.259 e. The second-order valence-electron chi connectivity index (χ2n) is 9.72. The van der Waals surface area contributed by atoms with Gasteiger partial charge in [-0.3, -0.25) is 14.4 Å². The van der Waals surface area contributed by atoms with Crippen molar-refractivity contribution in [2.24, 2.45) is 0 Å². The first kappa shape index (κ1) is 27.9. The SMILES string of the molecule is O=C(Cc1nc2ccccc2s1)c1ccc(N(Cc2ccc(F)cc2)C(=O)[C@H]2O[C@@H]2C(=O)Nc2ccccc2Br)cc1. The van der Waals surface area contributed by atoms with Crippen LogP contribution >= 0.6 is 27.3 Å². The summed E-state index contributed by atoms with van der Waals surface area (Å²) < 4.78 is 20.8. The minimum atomic E-state index is -0.978. The molecule has 0 spiro atoms. The van der Waals surface area contributed by atoms with Crippen molar-refractivity contribution in [3.05, 3.63) is 123 Å². The maximum absolute atomic E-state index is 13.6. The van der Waals surface area contributed by atoms with E-state index in [1.165, 1.54) is 28.4 Å². The van der Waals surface area contributed by atoms with E-state index in [1.54, 1.807) is 54.6 Å². The van der Waals surface area contributed by atoms with E-state index in [-0.39, 0.29) is 24.6 Å². The summed E-state index contributed by atoms with van der Waals surface area (Å²) in [4.78, 5) is 45.5. The Labute approximate surface area is 253 Å². The molecule has 5 aromatic rings. The fraction of sp³-hybridized carbons (Fsp3) is 0.125. The van der Waals surface area contributed by atoms with E-state index in [4.69, 9.17) is 4.74 Å². The van der Waals surface area contributed by atoms with Crippen LogP contribution in [0.1, 0.15) is 20.9 Å². The van der Waals surface area contributed by atoms with Crippen molar-refractivity contribution in [3.63, 3.8) is 0 Å². The summed E-state index contributed by atoms with van der Waals surface area (Å²) in [6.07, 6.45) is -1.76. The average Bonchev–Trinajstić information content (AvgIpc) is 3.70. The Hall–Kier alpha value is -4.25. The van der Waals surface area contributed by atoms with E-state index < -0.39 is 24.0 Å². The molecule has 1 saturated heterocycles. The van der Waals surface area contributed by atoms with Crippen LogP contribution in [0.25, 0.3) is 10.2 Å². The van der Waals surface area contributed by atoms with Crippen molar-refractivity contribution < 1.29 is 23.5 Å². The van der Waals surface area contributed by atoms with Crippen LogP contribution in [-0.2, 0) is 27.3 Å². The highest BCUT2D eigenvalue weighted by Gasteiger charge is 2.52. The third-order valence-corrected chi connectivity index (χ3v) is 8.52. The average molecular weight is 645 g/mol. The van der Waals surface area contributed by atoms with Gasteiger partial charge in [-0.05, 0) is 82.2 Å². The molecular weight excluding hydrogens is 621 g/mol. The highest BCUT2D eigenvalue weighted by Crippen LogP contribution is 2.31. The van der Waals surface area contributed by atoms with E-state index in [0.29, 0.717) is 27.0 Å². The maximum atomic E-state index is 13.6. The zero-order valence-corrected chi connectivity index (χ0v) is 24.4. The number of fused-ring (bicyclic) bond motifs is 1. The minimum Gasteiger partial charge on any atom is -0.349 e.